The number of carbonyl (C=O) groups is 1. The van der Waals surface area contributed by atoms with Gasteiger partial charge in [-0.1, -0.05) is 44.0 Å². The Kier molecular flexibility index (Phi) is 12.7. The van der Waals surface area contributed by atoms with Crippen molar-refractivity contribution in [3.05, 3.63) is 63.7 Å². The summed E-state index contributed by atoms with van der Waals surface area (Å²) in [5, 5.41) is 26.9. The van der Waals surface area contributed by atoms with Gasteiger partial charge in [0.25, 0.3) is 11.6 Å². The molecule has 2 aromatic rings. The zero-order valence-electron chi connectivity index (χ0n) is 19.8. The lowest BCUT2D eigenvalue weighted by Gasteiger charge is -2.25. The zero-order valence-corrected chi connectivity index (χ0v) is 24.6. The van der Waals surface area contributed by atoms with Gasteiger partial charge in [0.05, 0.1) is 21.1 Å². The van der Waals surface area contributed by atoms with Crippen molar-refractivity contribution in [2.45, 2.75) is 11.3 Å². The average molecular weight is 680 g/mol. The summed E-state index contributed by atoms with van der Waals surface area (Å²) in [5.41, 5.74) is 1.60. The minimum absolute atomic E-state index is 0.0552. The van der Waals surface area contributed by atoms with E-state index in [1.54, 1.807) is 18.2 Å². The van der Waals surface area contributed by atoms with Crippen LogP contribution in [-0.2, 0) is 16.4 Å². The van der Waals surface area contributed by atoms with Gasteiger partial charge >= 0.3 is 0 Å². The summed E-state index contributed by atoms with van der Waals surface area (Å²) < 4.78 is 22.6. The summed E-state index contributed by atoms with van der Waals surface area (Å²) in [6.45, 7) is 2.36. The second kappa shape index (κ2) is 15.2. The summed E-state index contributed by atoms with van der Waals surface area (Å²) in [6, 6.07) is 10.6. The van der Waals surface area contributed by atoms with Crippen LogP contribution in [0.25, 0.3) is 0 Å². The topological polar surface area (TPSA) is 160 Å². The zero-order chi connectivity index (χ0) is 27.4. The van der Waals surface area contributed by atoms with Crippen LogP contribution in [0.4, 0.5) is 11.4 Å². The molecule has 0 aliphatic heterocycles. The van der Waals surface area contributed by atoms with E-state index in [2.05, 4.69) is 47.8 Å². The van der Waals surface area contributed by atoms with Gasteiger partial charge in [0.1, 0.15) is 0 Å². The summed E-state index contributed by atoms with van der Waals surface area (Å²) >= 11 is 12.1. The summed E-state index contributed by atoms with van der Waals surface area (Å²) in [7, 11) is -3.72. The van der Waals surface area contributed by atoms with Crippen LogP contribution >= 0.6 is 44.1 Å². The third kappa shape index (κ3) is 10.2. The second-order valence-corrected chi connectivity index (χ2v) is 11.3. The van der Waals surface area contributed by atoms with E-state index in [1.165, 1.54) is 24.3 Å². The standard InChI is InChI=1S/C22H28Br2N6O5S2/c23-8-13-29(14-9-24)20-6-3-17(30(32)33)15-19(20)21(31)26-11-12-28-22(36)27-10-7-16-1-4-18(5-2-16)37(25,34)35/h1-6,15H,7-14H2,(H,26,31)(H2,25,34,35)(H2,27,28,36). The van der Waals surface area contributed by atoms with Crippen LogP contribution < -0.4 is 26.0 Å². The average Bonchev–Trinajstić information content (AvgIpc) is 2.85. The first-order valence-electron chi connectivity index (χ1n) is 11.1. The Labute approximate surface area is 238 Å². The van der Waals surface area contributed by atoms with E-state index in [-0.39, 0.29) is 22.7 Å². The lowest BCUT2D eigenvalue weighted by molar-refractivity contribution is -0.384. The van der Waals surface area contributed by atoms with E-state index in [1.807, 2.05) is 4.90 Å². The van der Waals surface area contributed by atoms with Gasteiger partial charge in [-0.2, -0.15) is 0 Å². The van der Waals surface area contributed by atoms with Crippen LogP contribution in [0.15, 0.2) is 47.4 Å². The Morgan fingerprint density at radius 2 is 1.59 bits per heavy atom. The van der Waals surface area contributed by atoms with Crippen LogP contribution in [0, 0.1) is 10.1 Å². The Morgan fingerprint density at radius 3 is 2.16 bits per heavy atom. The van der Waals surface area contributed by atoms with Gasteiger partial charge in [-0.25, -0.2) is 13.6 Å². The van der Waals surface area contributed by atoms with E-state index < -0.39 is 20.9 Å². The molecule has 0 bridgehead atoms. The second-order valence-electron chi connectivity index (χ2n) is 7.70. The highest BCUT2D eigenvalue weighted by Crippen LogP contribution is 2.26. The number of hydrogen-bond donors (Lipinski definition) is 4. The number of benzene rings is 2. The number of anilines is 1. The first kappa shape index (κ1) is 30.9. The number of thiocarbonyl (C=S) groups is 1. The Hall–Kier alpha value is -2.33. The van der Waals surface area contributed by atoms with Gasteiger partial charge in [0, 0.05) is 55.5 Å². The molecule has 202 valence electrons. The van der Waals surface area contributed by atoms with Crippen LogP contribution in [0.5, 0.6) is 0 Å². The molecule has 5 N–H and O–H groups in total. The smallest absolute Gasteiger partial charge is 0.270 e. The predicted octanol–water partition coefficient (Wildman–Crippen LogP) is 2.28. The number of sulfonamides is 1. The third-order valence-electron chi connectivity index (χ3n) is 5.13. The normalized spacial score (nSPS) is 11.0. The van der Waals surface area contributed by atoms with Crippen LogP contribution in [0.3, 0.4) is 0 Å². The number of nitrogens with zero attached hydrogens (tertiary/aromatic N) is 2. The molecule has 2 rings (SSSR count). The maximum absolute atomic E-state index is 12.9. The first-order chi connectivity index (χ1) is 17.6. The molecule has 15 heteroatoms. The Balaban J connectivity index is 1.86. The van der Waals surface area contributed by atoms with Crippen molar-refractivity contribution in [2.24, 2.45) is 5.14 Å². The fourth-order valence-corrected chi connectivity index (χ4v) is 4.90. The monoisotopic (exact) mass is 678 g/mol. The van der Waals surface area contributed by atoms with Crippen LogP contribution in [0.2, 0.25) is 0 Å². The SMILES string of the molecule is NS(=O)(=O)c1ccc(CCNC(=S)NCCNC(=O)c2cc([N+](=O)[O-])ccc2N(CCBr)CCBr)cc1. The van der Waals surface area contributed by atoms with Gasteiger partial charge in [-0.15, -0.1) is 0 Å². The molecular formula is C22H28Br2N6O5S2. The number of nitro benzene ring substituents is 1. The fraction of sp³-hybridized carbons (Fsp3) is 0.364. The largest absolute Gasteiger partial charge is 0.369 e. The van der Waals surface area contributed by atoms with E-state index in [0.29, 0.717) is 54.1 Å². The molecule has 0 aliphatic carbocycles. The molecule has 0 unspecified atom stereocenters. The summed E-state index contributed by atoms with van der Waals surface area (Å²) in [6.07, 6.45) is 0.609. The molecule has 0 saturated carbocycles. The van der Waals surface area contributed by atoms with Crippen molar-refractivity contribution < 1.29 is 18.1 Å². The maximum atomic E-state index is 12.9. The summed E-state index contributed by atoms with van der Waals surface area (Å²) in [5.74, 6) is -0.420. The molecule has 0 heterocycles. The quantitative estimate of drug-likeness (QED) is 0.0772. The van der Waals surface area contributed by atoms with Gasteiger partial charge in [0.2, 0.25) is 10.0 Å². The molecule has 0 spiro atoms. The number of primary sulfonamides is 1. The number of alkyl halides is 2. The van der Waals surface area contributed by atoms with Crippen LogP contribution in [0.1, 0.15) is 15.9 Å². The molecule has 2 aromatic carbocycles. The maximum Gasteiger partial charge on any atom is 0.270 e. The molecule has 0 aromatic heterocycles. The number of nitrogens with one attached hydrogen (secondary N) is 3. The lowest BCUT2D eigenvalue weighted by Crippen LogP contribution is -2.41. The van der Waals surface area contributed by atoms with Crippen molar-refractivity contribution in [3.63, 3.8) is 0 Å². The van der Waals surface area contributed by atoms with Gasteiger partial charge in [0.15, 0.2) is 5.11 Å². The Bertz CT molecular complexity index is 1190. The number of carbonyl (C=O) groups excluding carboxylic acids is 1. The van der Waals surface area contributed by atoms with Gasteiger partial charge in [-0.05, 0) is 42.4 Å². The van der Waals surface area contributed by atoms with Gasteiger partial charge in [-0.3, -0.25) is 14.9 Å². The van der Waals surface area contributed by atoms with E-state index in [4.69, 9.17) is 17.4 Å². The summed E-state index contributed by atoms with van der Waals surface area (Å²) in [4.78, 5) is 25.7. The van der Waals surface area contributed by atoms with E-state index in [9.17, 15) is 23.3 Å². The van der Waals surface area contributed by atoms with E-state index in [0.717, 1.165) is 5.56 Å². The van der Waals surface area contributed by atoms with Crippen LogP contribution in [-0.4, -0.2) is 67.7 Å². The number of halogens is 2. The molecule has 11 nitrogen and oxygen atoms in total. The number of non-ortho nitro benzene ring substituents is 1. The molecule has 0 saturated heterocycles. The number of nitro groups is 1. The lowest BCUT2D eigenvalue weighted by atomic mass is 10.1. The minimum Gasteiger partial charge on any atom is -0.369 e. The van der Waals surface area contributed by atoms with Crippen molar-refractivity contribution in [1.82, 2.24) is 16.0 Å². The van der Waals surface area contributed by atoms with Crippen molar-refractivity contribution in [3.8, 4) is 0 Å². The highest BCUT2D eigenvalue weighted by Gasteiger charge is 2.20. The number of rotatable bonds is 14. The fourth-order valence-electron chi connectivity index (χ4n) is 3.33. The molecule has 0 aliphatic rings. The predicted molar refractivity (Wildman–Crippen MR) is 155 cm³/mol. The highest BCUT2D eigenvalue weighted by atomic mass is 79.9. The van der Waals surface area contributed by atoms with Crippen molar-refractivity contribution in [1.29, 1.82) is 0 Å². The molecule has 0 atom stereocenters. The molecular weight excluding hydrogens is 652 g/mol. The highest BCUT2D eigenvalue weighted by molar-refractivity contribution is 9.09. The molecule has 0 radical (unpaired) electrons. The molecule has 1 amide bonds. The number of amides is 1. The molecule has 37 heavy (non-hydrogen) atoms. The van der Waals surface area contributed by atoms with Crippen molar-refractivity contribution >= 4 is 76.5 Å². The molecule has 0 fully saturated rings. The Morgan fingerprint density at radius 1 is 1.00 bits per heavy atom. The van der Waals surface area contributed by atoms with E-state index >= 15 is 0 Å². The number of nitrogens with two attached hydrogens (primary N) is 1. The number of hydrogen-bond acceptors (Lipinski definition) is 7. The van der Waals surface area contributed by atoms with Gasteiger partial charge < -0.3 is 20.9 Å². The third-order valence-corrected chi connectivity index (χ3v) is 7.06. The minimum atomic E-state index is -3.72. The van der Waals surface area contributed by atoms with Crippen molar-refractivity contribution in [2.75, 3.05) is 48.3 Å². The first-order valence-corrected chi connectivity index (χ1v) is 15.3.